The van der Waals surface area contributed by atoms with Crippen LogP contribution in [0.3, 0.4) is 0 Å². The van der Waals surface area contributed by atoms with Gasteiger partial charge in [0.15, 0.2) is 16.9 Å². The van der Waals surface area contributed by atoms with Gasteiger partial charge in [-0.3, -0.25) is 18.8 Å². The van der Waals surface area contributed by atoms with Crippen LogP contribution in [0.25, 0.3) is 101 Å². The third kappa shape index (κ3) is 16.5. The molecule has 6 N–H and O–H groups in total. The molecule has 3 fully saturated rings. The molecule has 3 aromatic carbocycles. The lowest BCUT2D eigenvalue weighted by Gasteiger charge is -2.24. The van der Waals surface area contributed by atoms with E-state index < -0.39 is 34.2 Å². The minimum atomic E-state index is -0.722. The van der Waals surface area contributed by atoms with Gasteiger partial charge in [-0.25, -0.2) is 52.7 Å². The molecule has 0 saturated heterocycles. The fraction of sp³-hybridized carbons (Fsp3) is 0.350. The largest absolute Gasteiger partial charge is 0.460 e. The Labute approximate surface area is 636 Å². The minimum absolute atomic E-state index is 0. The van der Waals surface area contributed by atoms with Crippen LogP contribution in [0.1, 0.15) is 171 Å². The quantitative estimate of drug-likeness (QED) is 0.0470. The third-order valence-electron chi connectivity index (χ3n) is 19.0. The first-order valence-electron chi connectivity index (χ1n) is 35.9. The van der Waals surface area contributed by atoms with Crippen molar-refractivity contribution in [1.82, 2.24) is 99.8 Å². The van der Waals surface area contributed by atoms with E-state index in [0.717, 1.165) is 81.2 Å². The van der Waals surface area contributed by atoms with Gasteiger partial charge in [-0.1, -0.05) is 90.5 Å². The number of aromatic amines is 3. The number of hydrogen-bond acceptors (Lipinski definition) is 21. The standard InChI is InChI=1S/C27H26FN7O2.C24H25FN6O2.C19H17FN6.C9H14N2O3.CH4/c1-26(2,3)25-33-23(34-37-25)20(36)12-27(8-9-27)18-6-5-15(11-19(18)28)17-7-10-29-24-21(17)31-22(32-24)16-13-30-35(4)14-16;1-23(2,3)33-22(32)30-24(8-9-24)17-6-5-14(11-18(17)25)16-7-10-26-21-19(16)28-20(29-21)15-12-27-31(4)13-15;1-26-10-12(9-23-26)17-24-16-13(4-7-22-18(16)25-17)11-2-3-14(15(20)8-11)19(21)5-6-19;1-5-13-7(12)6-10-8(14-11-6)9(2,3)4;/h5-7,10-11,13-14H,8-9,12H2,1-4H3,(H,29,31,32);5-7,10-13H,8-9H2,1-4H3,(H,30,32)(H,26,28,29);2-4,7-10H,5-6,21H2,1H3,(H,22,24,25);5H2,1-4H3;1H4. The Balaban J connectivity index is 0.000000135. The number of carbonyl (C=O) groups is 3. The third-order valence-corrected chi connectivity index (χ3v) is 19.0. The SMILES string of the molecule is C.CCOC(=O)c1noc(C(C)(C)C)n1.Cn1cc(-c2nc3nccc(-c4ccc(C5(CC(=O)c6noc(C(C)(C)C)n6)CC5)c(F)c4)c3[nH]2)cn1.Cn1cc(-c2nc3nccc(-c4ccc(C5(N)CC5)c(F)c4)c3[nH]2)cn1.Cn1cc(-c2nc3nccc(-c4ccc(C5(NC(=O)OC(C)(C)C)CC5)c(F)c4)c3[nH]2)cn1. The monoisotopic (exact) mass is 1510 g/mol. The number of halogens is 3. The zero-order valence-electron chi connectivity index (χ0n) is 63.0. The summed E-state index contributed by atoms with van der Waals surface area (Å²) < 4.78 is 70.9. The number of aromatic nitrogens is 19. The second-order valence-electron chi connectivity index (χ2n) is 31.0. The number of nitrogens with zero attached hydrogens (tertiary/aromatic N) is 16. The van der Waals surface area contributed by atoms with Gasteiger partial charge in [0.2, 0.25) is 23.4 Å². The van der Waals surface area contributed by atoms with Gasteiger partial charge in [0.25, 0.3) is 5.82 Å². The molecular weight excluding hydrogens is 1420 g/mol. The number of alkyl carbamates (subject to hydrolysis) is 1. The van der Waals surface area contributed by atoms with E-state index in [0.29, 0.717) is 93.5 Å². The van der Waals surface area contributed by atoms with E-state index in [1.54, 1.807) is 103 Å². The van der Waals surface area contributed by atoms with Crippen molar-refractivity contribution in [1.29, 1.82) is 0 Å². The molecule has 28 nitrogen and oxygen atoms in total. The van der Waals surface area contributed by atoms with Gasteiger partial charge in [-0.2, -0.15) is 25.3 Å². The molecule has 3 aliphatic rings. The van der Waals surface area contributed by atoms with Crippen LogP contribution in [0.15, 0.2) is 138 Å². The molecular formula is C80H86F3N21O7. The number of imidazole rings is 3. The maximum Gasteiger partial charge on any atom is 0.408 e. The van der Waals surface area contributed by atoms with Crippen molar-refractivity contribution in [3.05, 3.63) is 186 Å². The van der Waals surface area contributed by atoms with Crippen molar-refractivity contribution in [2.45, 2.75) is 155 Å². The smallest absolute Gasteiger partial charge is 0.408 e. The molecule has 31 heteroatoms. The molecule has 11 aromatic heterocycles. The van der Waals surface area contributed by atoms with E-state index >= 15 is 8.78 Å². The summed E-state index contributed by atoms with van der Waals surface area (Å²) in [5.74, 6) is 1.08. The zero-order chi connectivity index (χ0) is 78.0. The minimum Gasteiger partial charge on any atom is -0.460 e. The predicted octanol–water partition coefficient (Wildman–Crippen LogP) is 15.1. The highest BCUT2D eigenvalue weighted by Crippen LogP contribution is 2.53. The lowest BCUT2D eigenvalue weighted by atomic mass is 9.88. The molecule has 11 heterocycles. The number of pyridine rings is 3. The number of nitrogens with one attached hydrogen (secondary N) is 4. The number of nitrogens with two attached hydrogens (primary N) is 1. The van der Waals surface area contributed by atoms with E-state index in [9.17, 15) is 18.8 Å². The number of rotatable bonds is 15. The van der Waals surface area contributed by atoms with Gasteiger partial charge in [-0.05, 0) is 130 Å². The van der Waals surface area contributed by atoms with Crippen LogP contribution in [0.5, 0.6) is 0 Å². The fourth-order valence-electron chi connectivity index (χ4n) is 12.8. The number of Topliss-reactive ketones (excluding diaryl/α,β-unsaturated/α-hetero) is 1. The van der Waals surface area contributed by atoms with Crippen molar-refractivity contribution in [2.24, 2.45) is 26.9 Å². The Morgan fingerprint density at radius 1 is 0.532 bits per heavy atom. The maximum absolute atomic E-state index is 15.5. The van der Waals surface area contributed by atoms with Gasteiger partial charge in [0, 0.05) is 114 Å². The van der Waals surface area contributed by atoms with Gasteiger partial charge >= 0.3 is 12.1 Å². The molecule has 3 aliphatic carbocycles. The van der Waals surface area contributed by atoms with Gasteiger partial charge < -0.3 is 44.5 Å². The fourth-order valence-corrected chi connectivity index (χ4v) is 12.8. The molecule has 3 saturated carbocycles. The number of hydrogen-bond donors (Lipinski definition) is 5. The summed E-state index contributed by atoms with van der Waals surface area (Å²) in [6.07, 6.45) is 19.8. The van der Waals surface area contributed by atoms with Gasteiger partial charge in [-0.15, -0.1) is 0 Å². The van der Waals surface area contributed by atoms with Crippen molar-refractivity contribution < 1.29 is 46.1 Å². The molecule has 1 amide bonds. The molecule has 0 atom stereocenters. The Kier molecular flexibility index (Phi) is 20.4. The summed E-state index contributed by atoms with van der Waals surface area (Å²) in [4.78, 5) is 81.2. The van der Waals surface area contributed by atoms with E-state index in [-0.39, 0.29) is 59.6 Å². The molecule has 14 aromatic rings. The van der Waals surface area contributed by atoms with Crippen LogP contribution in [0.4, 0.5) is 18.0 Å². The molecule has 111 heavy (non-hydrogen) atoms. The topological polar surface area (TPSA) is 364 Å². The van der Waals surface area contributed by atoms with E-state index in [4.69, 9.17) is 24.3 Å². The number of carbonyl (C=O) groups excluding carboxylic acids is 3. The zero-order valence-corrected chi connectivity index (χ0v) is 63.0. The summed E-state index contributed by atoms with van der Waals surface area (Å²) >= 11 is 0. The predicted molar refractivity (Wildman–Crippen MR) is 408 cm³/mol. The number of ketones is 1. The average molecular weight is 1510 g/mol. The summed E-state index contributed by atoms with van der Waals surface area (Å²) in [7, 11) is 5.53. The maximum atomic E-state index is 15.5. The number of ether oxygens (including phenoxy) is 2. The van der Waals surface area contributed by atoms with Crippen molar-refractivity contribution in [2.75, 3.05) is 6.61 Å². The Bertz CT molecular complexity index is 5810. The van der Waals surface area contributed by atoms with Crippen molar-refractivity contribution >= 4 is 51.3 Å². The number of H-pyrrole nitrogens is 3. The van der Waals surface area contributed by atoms with E-state index in [2.05, 4.69) is 85.7 Å². The lowest BCUT2D eigenvalue weighted by molar-refractivity contribution is 0.0488. The molecule has 574 valence electrons. The van der Waals surface area contributed by atoms with Crippen LogP contribution in [-0.4, -0.2) is 125 Å². The summed E-state index contributed by atoms with van der Waals surface area (Å²) in [6.45, 7) is 19.0. The Morgan fingerprint density at radius 2 is 0.928 bits per heavy atom. The van der Waals surface area contributed by atoms with E-state index in [1.807, 2.05) is 118 Å². The molecule has 0 bridgehead atoms. The second kappa shape index (κ2) is 29.5. The highest BCUT2D eigenvalue weighted by molar-refractivity contribution is 5.95. The number of fused-ring (bicyclic) bond motifs is 3. The molecule has 0 aliphatic heterocycles. The van der Waals surface area contributed by atoms with Gasteiger partial charge in [0.05, 0.1) is 64.0 Å². The molecule has 0 unspecified atom stereocenters. The number of aryl methyl sites for hydroxylation is 3. The van der Waals surface area contributed by atoms with Crippen LogP contribution >= 0.6 is 0 Å². The van der Waals surface area contributed by atoms with Crippen molar-refractivity contribution in [3.8, 4) is 67.5 Å². The molecule has 0 radical (unpaired) electrons. The number of amides is 1. The first kappa shape index (κ1) is 76.8. The molecule has 17 rings (SSSR count). The summed E-state index contributed by atoms with van der Waals surface area (Å²) in [6, 6.07) is 21.0. The first-order valence-corrected chi connectivity index (χ1v) is 35.9. The molecule has 0 spiro atoms. The Morgan fingerprint density at radius 3 is 1.27 bits per heavy atom. The highest BCUT2D eigenvalue weighted by atomic mass is 19.1. The Hall–Kier alpha value is -12.4. The van der Waals surface area contributed by atoms with Crippen LogP contribution < -0.4 is 11.1 Å². The second-order valence-corrected chi connectivity index (χ2v) is 31.0. The first-order chi connectivity index (χ1) is 52.2. The number of esters is 1. The van der Waals surface area contributed by atoms with Gasteiger partial charge in [0.1, 0.15) is 40.5 Å². The summed E-state index contributed by atoms with van der Waals surface area (Å²) in [5.41, 5.74) is 15.8. The van der Waals surface area contributed by atoms with E-state index in [1.165, 1.54) is 12.1 Å². The lowest BCUT2D eigenvalue weighted by Crippen LogP contribution is -2.39. The van der Waals surface area contributed by atoms with Crippen LogP contribution in [0, 0.1) is 17.5 Å². The van der Waals surface area contributed by atoms with Crippen LogP contribution in [-0.2, 0) is 57.9 Å². The summed E-state index contributed by atoms with van der Waals surface area (Å²) in [5, 5.41) is 22.8. The highest BCUT2D eigenvalue weighted by Gasteiger charge is 2.50. The number of benzene rings is 3. The van der Waals surface area contributed by atoms with Crippen molar-refractivity contribution in [3.63, 3.8) is 0 Å². The normalized spacial score (nSPS) is 14.5. The average Bonchev–Trinajstić information content (AvgIpc) is 1.60. The van der Waals surface area contributed by atoms with Crippen LogP contribution in [0.2, 0.25) is 0 Å².